The number of halogens is 2. The van der Waals surface area contributed by atoms with Crippen molar-refractivity contribution in [3.63, 3.8) is 0 Å². The van der Waals surface area contributed by atoms with Crippen LogP contribution in [0.4, 0.5) is 0 Å². The third-order valence-corrected chi connectivity index (χ3v) is 3.49. The van der Waals surface area contributed by atoms with Gasteiger partial charge in [-0.1, -0.05) is 6.07 Å². The van der Waals surface area contributed by atoms with E-state index in [2.05, 4.69) is 15.6 Å². The van der Waals surface area contributed by atoms with Crippen molar-refractivity contribution in [2.75, 3.05) is 32.8 Å². The summed E-state index contributed by atoms with van der Waals surface area (Å²) in [6, 6.07) is 3.85. The van der Waals surface area contributed by atoms with Crippen LogP contribution in [-0.2, 0) is 20.9 Å². The van der Waals surface area contributed by atoms with E-state index >= 15 is 0 Å². The number of nitrogens with zero attached hydrogens (tertiary/aromatic N) is 2. The number of rotatable bonds is 6. The van der Waals surface area contributed by atoms with Gasteiger partial charge < -0.3 is 20.3 Å². The summed E-state index contributed by atoms with van der Waals surface area (Å²) >= 11 is 0. The molecular formula is C15H24Cl2N4O3. The molecule has 2 rings (SSSR count). The van der Waals surface area contributed by atoms with Gasteiger partial charge in [0, 0.05) is 44.6 Å². The lowest BCUT2D eigenvalue weighted by molar-refractivity contribution is -0.140. The van der Waals surface area contributed by atoms with Crippen molar-refractivity contribution >= 4 is 36.6 Å². The van der Waals surface area contributed by atoms with Crippen LogP contribution in [0.2, 0.25) is 0 Å². The average Bonchev–Trinajstić information content (AvgIpc) is 2.54. The Hall–Kier alpha value is -1.41. The van der Waals surface area contributed by atoms with Gasteiger partial charge in [0.25, 0.3) is 0 Å². The van der Waals surface area contributed by atoms with E-state index in [1.165, 1.54) is 0 Å². The fourth-order valence-electron chi connectivity index (χ4n) is 2.28. The molecule has 0 unspecified atom stereocenters. The van der Waals surface area contributed by atoms with Crippen LogP contribution in [0.5, 0.6) is 0 Å². The first-order chi connectivity index (χ1) is 10.7. The molecule has 1 fully saturated rings. The van der Waals surface area contributed by atoms with Gasteiger partial charge in [0.05, 0.1) is 0 Å². The van der Waals surface area contributed by atoms with E-state index in [-0.39, 0.29) is 55.9 Å². The molecule has 0 aromatic carbocycles. The standard InChI is InChI=1S/C15H22N4O3.2ClH/c1-12-7-17-5-6-19(12)15(21)11-22-10-14(20)18-9-13-3-2-4-16-8-13;;/h2-4,8,12,17H,5-7,9-11H2,1H3,(H,18,20);2*1H/t12-;;/m0../s1. The molecule has 24 heavy (non-hydrogen) atoms. The second-order valence-corrected chi connectivity index (χ2v) is 5.27. The zero-order valence-electron chi connectivity index (χ0n) is 13.6. The number of ether oxygens (including phenoxy) is 1. The number of hydrogen-bond donors (Lipinski definition) is 2. The minimum atomic E-state index is -0.245. The van der Waals surface area contributed by atoms with E-state index in [0.29, 0.717) is 13.1 Å². The Bertz CT molecular complexity index is 505. The van der Waals surface area contributed by atoms with Crippen LogP contribution in [0, 0.1) is 0 Å². The molecular weight excluding hydrogens is 355 g/mol. The van der Waals surface area contributed by atoms with Crippen LogP contribution in [0.15, 0.2) is 24.5 Å². The molecule has 1 aromatic rings. The SMILES string of the molecule is C[C@H]1CNCCN1C(=O)COCC(=O)NCc1cccnc1.Cl.Cl. The normalized spacial score (nSPS) is 16.5. The van der Waals surface area contributed by atoms with E-state index in [1.807, 2.05) is 19.1 Å². The lowest BCUT2D eigenvalue weighted by Gasteiger charge is -2.33. The highest BCUT2D eigenvalue weighted by atomic mass is 35.5. The van der Waals surface area contributed by atoms with Gasteiger partial charge >= 0.3 is 0 Å². The molecule has 2 N–H and O–H groups in total. The van der Waals surface area contributed by atoms with Crippen molar-refractivity contribution in [1.29, 1.82) is 0 Å². The van der Waals surface area contributed by atoms with Crippen LogP contribution >= 0.6 is 24.8 Å². The Morgan fingerprint density at radius 1 is 1.42 bits per heavy atom. The average molecular weight is 379 g/mol. The topological polar surface area (TPSA) is 83.6 Å². The van der Waals surface area contributed by atoms with Crippen LogP contribution < -0.4 is 10.6 Å². The summed E-state index contributed by atoms with van der Waals surface area (Å²) in [5, 5.41) is 5.94. The molecule has 9 heteroatoms. The van der Waals surface area contributed by atoms with Crippen LogP contribution in [0.25, 0.3) is 0 Å². The second kappa shape index (κ2) is 12.0. The van der Waals surface area contributed by atoms with E-state index in [4.69, 9.17) is 4.74 Å². The summed E-state index contributed by atoms with van der Waals surface area (Å²) < 4.78 is 5.21. The van der Waals surface area contributed by atoms with Crippen molar-refractivity contribution in [3.8, 4) is 0 Å². The lowest BCUT2D eigenvalue weighted by Crippen LogP contribution is -2.53. The van der Waals surface area contributed by atoms with Gasteiger partial charge in [-0.25, -0.2) is 0 Å². The molecule has 7 nitrogen and oxygen atoms in total. The van der Waals surface area contributed by atoms with Gasteiger partial charge in [-0.05, 0) is 18.6 Å². The Morgan fingerprint density at radius 2 is 2.21 bits per heavy atom. The Labute approximate surface area is 154 Å². The van der Waals surface area contributed by atoms with E-state index < -0.39 is 0 Å². The first-order valence-electron chi connectivity index (χ1n) is 7.40. The number of piperazine rings is 1. The molecule has 1 aliphatic heterocycles. The van der Waals surface area contributed by atoms with Crippen LogP contribution in [0.1, 0.15) is 12.5 Å². The quantitative estimate of drug-likeness (QED) is 0.747. The van der Waals surface area contributed by atoms with E-state index in [0.717, 1.165) is 18.7 Å². The zero-order valence-corrected chi connectivity index (χ0v) is 15.2. The molecule has 1 atom stereocenters. The summed E-state index contributed by atoms with van der Waals surface area (Å²) in [5.41, 5.74) is 0.918. The Kier molecular flexibility index (Phi) is 11.3. The minimum Gasteiger partial charge on any atom is -0.362 e. The number of nitrogens with one attached hydrogen (secondary N) is 2. The summed E-state index contributed by atoms with van der Waals surface area (Å²) in [6.45, 7) is 4.47. The predicted molar refractivity (Wildman–Crippen MR) is 95.4 cm³/mol. The molecule has 0 bridgehead atoms. The van der Waals surface area contributed by atoms with E-state index in [1.54, 1.807) is 17.3 Å². The minimum absolute atomic E-state index is 0. The fraction of sp³-hybridized carbons (Fsp3) is 0.533. The van der Waals surface area contributed by atoms with Crippen molar-refractivity contribution in [2.24, 2.45) is 0 Å². The highest BCUT2D eigenvalue weighted by molar-refractivity contribution is 5.85. The monoisotopic (exact) mass is 378 g/mol. The van der Waals surface area contributed by atoms with E-state index in [9.17, 15) is 9.59 Å². The largest absolute Gasteiger partial charge is 0.362 e. The molecule has 0 saturated carbocycles. The molecule has 2 amide bonds. The fourth-order valence-corrected chi connectivity index (χ4v) is 2.28. The van der Waals surface area contributed by atoms with Crippen molar-refractivity contribution < 1.29 is 14.3 Å². The summed E-state index contributed by atoms with van der Waals surface area (Å²) in [5.74, 6) is -0.320. The molecule has 0 spiro atoms. The van der Waals surface area contributed by atoms with Gasteiger partial charge in [-0.3, -0.25) is 14.6 Å². The Balaban J connectivity index is 0.00000264. The predicted octanol–water partition coefficient (Wildman–Crippen LogP) is 0.378. The molecule has 136 valence electrons. The number of pyridine rings is 1. The summed E-state index contributed by atoms with van der Waals surface area (Å²) in [7, 11) is 0. The van der Waals surface area contributed by atoms with Gasteiger partial charge in [0.15, 0.2) is 0 Å². The van der Waals surface area contributed by atoms with Crippen molar-refractivity contribution in [1.82, 2.24) is 20.5 Å². The van der Waals surface area contributed by atoms with Crippen LogP contribution in [0.3, 0.4) is 0 Å². The molecule has 0 radical (unpaired) electrons. The van der Waals surface area contributed by atoms with Gasteiger partial charge in [0.1, 0.15) is 13.2 Å². The molecule has 1 saturated heterocycles. The number of carbonyl (C=O) groups excluding carboxylic acids is 2. The summed E-state index contributed by atoms with van der Waals surface area (Å²) in [4.78, 5) is 29.4. The third kappa shape index (κ3) is 7.44. The molecule has 1 aliphatic rings. The molecule has 1 aromatic heterocycles. The van der Waals surface area contributed by atoms with Gasteiger partial charge in [-0.15, -0.1) is 24.8 Å². The maximum Gasteiger partial charge on any atom is 0.248 e. The van der Waals surface area contributed by atoms with Crippen molar-refractivity contribution in [3.05, 3.63) is 30.1 Å². The molecule has 2 heterocycles. The zero-order chi connectivity index (χ0) is 15.8. The van der Waals surface area contributed by atoms with Crippen molar-refractivity contribution in [2.45, 2.75) is 19.5 Å². The molecule has 0 aliphatic carbocycles. The first kappa shape index (κ1) is 22.6. The Morgan fingerprint density at radius 3 is 2.88 bits per heavy atom. The summed E-state index contributed by atoms with van der Waals surface area (Å²) in [6.07, 6.45) is 3.37. The second-order valence-electron chi connectivity index (χ2n) is 5.27. The third-order valence-electron chi connectivity index (χ3n) is 3.49. The van der Waals surface area contributed by atoms with Crippen LogP contribution in [-0.4, -0.2) is 60.6 Å². The smallest absolute Gasteiger partial charge is 0.248 e. The first-order valence-corrected chi connectivity index (χ1v) is 7.40. The number of amides is 2. The maximum atomic E-state index is 12.0. The highest BCUT2D eigenvalue weighted by Crippen LogP contribution is 2.03. The van der Waals surface area contributed by atoms with Gasteiger partial charge in [0.2, 0.25) is 11.8 Å². The maximum absolute atomic E-state index is 12.0. The van der Waals surface area contributed by atoms with Gasteiger partial charge in [-0.2, -0.15) is 0 Å². The number of hydrogen-bond acceptors (Lipinski definition) is 5. The number of aromatic nitrogens is 1. The number of carbonyl (C=O) groups is 2. The highest BCUT2D eigenvalue weighted by Gasteiger charge is 2.22. The lowest BCUT2D eigenvalue weighted by atomic mass is 10.2.